The Labute approximate surface area is 50.5 Å². The zero-order valence-electron chi connectivity index (χ0n) is 4.44. The Bertz CT molecular complexity index is 105. The van der Waals surface area contributed by atoms with Crippen LogP contribution in [0.25, 0.3) is 0 Å². The van der Waals surface area contributed by atoms with Gasteiger partial charge < -0.3 is 25.8 Å². The van der Waals surface area contributed by atoms with E-state index in [0.29, 0.717) is 0 Å². The second kappa shape index (κ2) is 2.62. The van der Waals surface area contributed by atoms with Gasteiger partial charge in [-0.3, -0.25) is 0 Å². The van der Waals surface area contributed by atoms with Gasteiger partial charge in [0.1, 0.15) is 0 Å². The van der Waals surface area contributed by atoms with Crippen LogP contribution in [0.1, 0.15) is 0 Å². The Kier molecular flexibility index (Phi) is 2.38. The van der Waals surface area contributed by atoms with Crippen molar-refractivity contribution >= 4 is 6.09 Å². The van der Waals surface area contributed by atoms with Gasteiger partial charge in [0.25, 0.3) is 0 Å². The molecule has 0 rings (SSSR count). The third-order valence-corrected chi connectivity index (χ3v) is 0.408. The highest BCUT2D eigenvalue weighted by molar-refractivity contribution is 5.64. The van der Waals surface area contributed by atoms with Crippen LogP contribution in [0.4, 0.5) is 4.79 Å². The number of aliphatic hydroxyl groups is 3. The predicted molar refractivity (Wildman–Crippen MR) is 24.9 cm³/mol. The fraction of sp³-hybridized carbons (Fsp3) is 0.667. The summed E-state index contributed by atoms with van der Waals surface area (Å²) >= 11 is 0. The van der Waals surface area contributed by atoms with Crippen LogP contribution in [0, 0.1) is 0 Å². The van der Waals surface area contributed by atoms with Crippen LogP contribution in [-0.2, 0) is 4.74 Å². The number of nitrogens with two attached hydrogens (primary N) is 1. The Morgan fingerprint density at radius 3 is 2.11 bits per heavy atom. The van der Waals surface area contributed by atoms with Crippen molar-refractivity contribution in [1.29, 1.82) is 0 Å². The van der Waals surface area contributed by atoms with Crippen molar-refractivity contribution in [2.24, 2.45) is 5.73 Å². The topological polar surface area (TPSA) is 113 Å². The van der Waals surface area contributed by atoms with Crippen LogP contribution in [0.2, 0.25) is 0 Å². The Morgan fingerprint density at radius 1 is 1.56 bits per heavy atom. The minimum absolute atomic E-state index is 0.956. The van der Waals surface area contributed by atoms with Gasteiger partial charge in [-0.25, -0.2) is 4.79 Å². The number of carbonyl (C=O) groups is 1. The lowest BCUT2D eigenvalue weighted by molar-refractivity contribution is -0.325. The fourth-order valence-corrected chi connectivity index (χ4v) is 0.168. The molecule has 0 saturated heterocycles. The van der Waals surface area contributed by atoms with Crippen molar-refractivity contribution in [3.63, 3.8) is 0 Å². The highest BCUT2D eigenvalue weighted by atomic mass is 16.7. The molecule has 6 nitrogen and oxygen atoms in total. The molecule has 0 saturated carbocycles. The van der Waals surface area contributed by atoms with Gasteiger partial charge >= 0.3 is 12.1 Å². The molecule has 0 aliphatic rings. The van der Waals surface area contributed by atoms with E-state index in [9.17, 15) is 4.79 Å². The lowest BCUT2D eigenvalue weighted by atomic mass is 10.6. The van der Waals surface area contributed by atoms with Crippen molar-refractivity contribution in [3.05, 3.63) is 0 Å². The zero-order chi connectivity index (χ0) is 7.49. The van der Waals surface area contributed by atoms with Crippen molar-refractivity contribution in [1.82, 2.24) is 0 Å². The zero-order valence-corrected chi connectivity index (χ0v) is 4.44. The van der Waals surface area contributed by atoms with Crippen LogP contribution < -0.4 is 5.73 Å². The number of amides is 1. The summed E-state index contributed by atoms with van der Waals surface area (Å²) in [7, 11) is 0. The maximum atomic E-state index is 9.71. The summed E-state index contributed by atoms with van der Waals surface area (Å²) in [4.78, 5) is 9.71. The lowest BCUT2D eigenvalue weighted by Gasteiger charge is -2.11. The second-order valence-corrected chi connectivity index (χ2v) is 1.38. The van der Waals surface area contributed by atoms with E-state index < -0.39 is 18.7 Å². The minimum atomic E-state index is -2.99. The Hall–Kier alpha value is -0.850. The van der Waals surface area contributed by atoms with Gasteiger partial charge in [0, 0.05) is 0 Å². The van der Waals surface area contributed by atoms with E-state index in [2.05, 4.69) is 10.5 Å². The molecular weight excluding hydrogens is 130 g/mol. The Morgan fingerprint density at radius 2 is 2.00 bits per heavy atom. The third kappa shape index (κ3) is 7.15. The number of hydrogen-bond donors (Lipinski definition) is 4. The first-order valence-corrected chi connectivity index (χ1v) is 2.01. The monoisotopic (exact) mass is 137 g/mol. The standard InChI is InChI=1S/C3H7NO5/c4-2(5)9-1-3(6,7)8/h6-8H,1H2,(H2,4,5). The molecule has 0 aromatic heterocycles. The van der Waals surface area contributed by atoms with Crippen LogP contribution in [0.5, 0.6) is 0 Å². The van der Waals surface area contributed by atoms with E-state index in [4.69, 9.17) is 15.3 Å². The quantitative estimate of drug-likeness (QED) is 0.320. The van der Waals surface area contributed by atoms with Gasteiger partial charge in [-0.15, -0.1) is 0 Å². The molecule has 0 aromatic carbocycles. The Balaban J connectivity index is 3.39. The molecule has 0 unspecified atom stereocenters. The predicted octanol–water partition coefficient (Wildman–Crippen LogP) is -2.29. The molecule has 1 amide bonds. The third-order valence-electron chi connectivity index (χ3n) is 0.408. The molecule has 0 aliphatic heterocycles. The fourth-order valence-electron chi connectivity index (χ4n) is 0.168. The van der Waals surface area contributed by atoms with E-state index in [1.807, 2.05) is 0 Å². The van der Waals surface area contributed by atoms with E-state index in [-0.39, 0.29) is 0 Å². The van der Waals surface area contributed by atoms with Crippen molar-refractivity contribution in [2.45, 2.75) is 5.97 Å². The molecular formula is C3H7NO5. The number of primary amides is 1. The molecule has 6 heteroatoms. The van der Waals surface area contributed by atoms with E-state index in [1.54, 1.807) is 0 Å². The highest BCUT2D eigenvalue weighted by Crippen LogP contribution is 1.91. The SMILES string of the molecule is NC(=O)OCC(O)(O)O. The summed E-state index contributed by atoms with van der Waals surface area (Å²) < 4.78 is 3.80. The molecule has 0 radical (unpaired) electrons. The molecule has 0 heterocycles. The van der Waals surface area contributed by atoms with E-state index in [0.717, 1.165) is 0 Å². The smallest absolute Gasteiger partial charge is 0.404 e. The molecule has 0 bridgehead atoms. The van der Waals surface area contributed by atoms with E-state index in [1.165, 1.54) is 0 Å². The molecule has 9 heavy (non-hydrogen) atoms. The molecule has 0 atom stereocenters. The summed E-state index contributed by atoms with van der Waals surface area (Å²) in [6, 6.07) is 0. The lowest BCUT2D eigenvalue weighted by Crippen LogP contribution is -2.35. The molecule has 0 aromatic rings. The number of ether oxygens (including phenoxy) is 1. The highest BCUT2D eigenvalue weighted by Gasteiger charge is 2.19. The average molecular weight is 137 g/mol. The first-order chi connectivity index (χ1) is 3.92. The molecule has 5 N–H and O–H groups in total. The van der Waals surface area contributed by atoms with Gasteiger partial charge in [0.05, 0.1) is 0 Å². The largest absolute Gasteiger partial charge is 0.441 e. The summed E-state index contributed by atoms with van der Waals surface area (Å²) in [5, 5.41) is 24.1. The average Bonchev–Trinajstić information content (AvgIpc) is 1.59. The summed E-state index contributed by atoms with van der Waals surface area (Å²) in [6.07, 6.45) is -1.18. The van der Waals surface area contributed by atoms with Gasteiger partial charge in [0.15, 0.2) is 6.61 Å². The second-order valence-electron chi connectivity index (χ2n) is 1.38. The number of carbonyl (C=O) groups excluding carboxylic acids is 1. The van der Waals surface area contributed by atoms with Crippen LogP contribution >= 0.6 is 0 Å². The molecule has 0 fully saturated rings. The van der Waals surface area contributed by atoms with Crippen LogP contribution in [-0.4, -0.2) is 34.0 Å². The normalized spacial score (nSPS) is 11.0. The summed E-state index contributed by atoms with van der Waals surface area (Å²) in [6.45, 7) is -0.956. The molecule has 0 aliphatic carbocycles. The number of hydrogen-bond acceptors (Lipinski definition) is 5. The minimum Gasteiger partial charge on any atom is -0.441 e. The van der Waals surface area contributed by atoms with Gasteiger partial charge in [-0.1, -0.05) is 0 Å². The van der Waals surface area contributed by atoms with Gasteiger partial charge in [-0.05, 0) is 0 Å². The molecule has 0 spiro atoms. The van der Waals surface area contributed by atoms with Crippen molar-refractivity contribution < 1.29 is 24.9 Å². The number of rotatable bonds is 2. The van der Waals surface area contributed by atoms with Crippen molar-refractivity contribution in [3.8, 4) is 0 Å². The van der Waals surface area contributed by atoms with E-state index >= 15 is 0 Å². The van der Waals surface area contributed by atoms with Gasteiger partial charge in [0.2, 0.25) is 0 Å². The van der Waals surface area contributed by atoms with Crippen LogP contribution in [0.15, 0.2) is 0 Å². The molecule has 54 valence electrons. The maximum absolute atomic E-state index is 9.71. The first-order valence-electron chi connectivity index (χ1n) is 2.01. The maximum Gasteiger partial charge on any atom is 0.404 e. The first kappa shape index (κ1) is 8.15. The summed E-state index contributed by atoms with van der Waals surface area (Å²) in [5.41, 5.74) is 4.41. The van der Waals surface area contributed by atoms with Gasteiger partial charge in [-0.2, -0.15) is 0 Å². The summed E-state index contributed by atoms with van der Waals surface area (Å²) in [5.74, 6) is -2.99. The van der Waals surface area contributed by atoms with Crippen LogP contribution in [0.3, 0.4) is 0 Å². The van der Waals surface area contributed by atoms with Crippen molar-refractivity contribution in [2.75, 3.05) is 6.61 Å².